The molecule has 0 fully saturated rings. The van der Waals surface area contributed by atoms with Crippen LogP contribution in [0.5, 0.6) is 0 Å². The zero-order chi connectivity index (χ0) is 11.3. The lowest BCUT2D eigenvalue weighted by Gasteiger charge is -2.11. The molecule has 0 aromatic rings. The fourth-order valence-corrected chi connectivity index (χ4v) is 1.25. The van der Waals surface area contributed by atoms with E-state index >= 15 is 0 Å². The van der Waals surface area contributed by atoms with Crippen molar-refractivity contribution in [1.82, 2.24) is 0 Å². The second-order valence-electron chi connectivity index (χ2n) is 2.88. The third-order valence-corrected chi connectivity index (χ3v) is 2.01. The van der Waals surface area contributed by atoms with Crippen molar-refractivity contribution in [3.63, 3.8) is 0 Å². The second-order valence-corrected chi connectivity index (χ2v) is 2.88. The summed E-state index contributed by atoms with van der Waals surface area (Å²) < 4.78 is 9.19. The van der Waals surface area contributed by atoms with Crippen LogP contribution in [0.25, 0.3) is 0 Å². The predicted molar refractivity (Wildman–Crippen MR) is 53.9 cm³/mol. The number of rotatable bonds is 2. The summed E-state index contributed by atoms with van der Waals surface area (Å²) in [6, 6.07) is 0. The third-order valence-electron chi connectivity index (χ3n) is 2.01. The Morgan fingerprint density at radius 1 is 1.13 bits per heavy atom. The highest BCUT2D eigenvalue weighted by molar-refractivity contribution is 5.97. The van der Waals surface area contributed by atoms with Gasteiger partial charge in [0.2, 0.25) is 0 Å². The molecule has 15 heavy (non-hydrogen) atoms. The van der Waals surface area contributed by atoms with Crippen LogP contribution < -0.4 is 0 Å². The van der Waals surface area contributed by atoms with Crippen LogP contribution in [0.2, 0.25) is 0 Å². The van der Waals surface area contributed by atoms with E-state index in [9.17, 15) is 9.59 Å². The molecule has 0 radical (unpaired) electrons. The van der Waals surface area contributed by atoms with Crippen LogP contribution in [0, 0.1) is 5.92 Å². The maximum Gasteiger partial charge on any atom is 0.334 e. The van der Waals surface area contributed by atoms with Gasteiger partial charge in [0.05, 0.1) is 19.8 Å². The van der Waals surface area contributed by atoms with Crippen molar-refractivity contribution < 1.29 is 19.1 Å². The van der Waals surface area contributed by atoms with Crippen LogP contribution in [-0.2, 0) is 19.1 Å². The van der Waals surface area contributed by atoms with Gasteiger partial charge in [0.1, 0.15) is 5.92 Å². The number of allylic oxidation sites excluding steroid dienone is 4. The van der Waals surface area contributed by atoms with Crippen LogP contribution >= 0.6 is 0 Å². The molecule has 1 aliphatic carbocycles. The maximum atomic E-state index is 11.4. The lowest BCUT2D eigenvalue weighted by Crippen LogP contribution is -2.22. The van der Waals surface area contributed by atoms with Gasteiger partial charge in [-0.15, -0.1) is 0 Å². The Hall–Kier alpha value is -1.84. The van der Waals surface area contributed by atoms with Gasteiger partial charge in [0.25, 0.3) is 0 Å². The first kappa shape index (κ1) is 11.2. The van der Waals surface area contributed by atoms with Crippen LogP contribution in [0.4, 0.5) is 0 Å². The van der Waals surface area contributed by atoms with E-state index in [0.717, 1.165) is 0 Å². The maximum absolute atomic E-state index is 11.4. The van der Waals surface area contributed by atoms with Gasteiger partial charge in [0, 0.05) is 0 Å². The van der Waals surface area contributed by atoms with E-state index < -0.39 is 17.9 Å². The normalized spacial score (nSPS) is 19.1. The number of methoxy groups -OCH3 is 2. The first-order valence-corrected chi connectivity index (χ1v) is 4.42. The van der Waals surface area contributed by atoms with Crippen LogP contribution in [0.1, 0.15) is 0 Å². The summed E-state index contributed by atoms with van der Waals surface area (Å²) in [4.78, 5) is 22.8. The first-order valence-electron chi connectivity index (χ1n) is 4.42. The molecule has 80 valence electrons. The topological polar surface area (TPSA) is 52.6 Å². The molecule has 0 aliphatic heterocycles. The molecule has 0 aromatic heterocycles. The molecular weight excluding hydrogens is 196 g/mol. The molecule has 4 nitrogen and oxygen atoms in total. The van der Waals surface area contributed by atoms with E-state index in [1.54, 1.807) is 30.4 Å². The van der Waals surface area contributed by atoms with Crippen molar-refractivity contribution >= 4 is 11.9 Å². The Bertz CT molecular complexity index is 350. The van der Waals surface area contributed by atoms with Gasteiger partial charge in [-0.05, 0) is 0 Å². The number of hydrogen-bond acceptors (Lipinski definition) is 4. The third kappa shape index (κ3) is 2.56. The molecule has 0 saturated heterocycles. The smallest absolute Gasteiger partial charge is 0.334 e. The molecule has 0 aromatic carbocycles. The van der Waals surface area contributed by atoms with Crippen LogP contribution in [0.15, 0.2) is 36.0 Å². The van der Waals surface area contributed by atoms with Gasteiger partial charge >= 0.3 is 11.9 Å². The molecular formula is C11H12O4. The highest BCUT2D eigenvalue weighted by Crippen LogP contribution is 2.18. The van der Waals surface area contributed by atoms with E-state index in [1.807, 2.05) is 0 Å². The summed E-state index contributed by atoms with van der Waals surface area (Å²) in [5.41, 5.74) is 0.273. The van der Waals surface area contributed by atoms with Gasteiger partial charge in [-0.3, -0.25) is 4.79 Å². The van der Waals surface area contributed by atoms with Crippen molar-refractivity contribution in [1.29, 1.82) is 0 Å². The summed E-state index contributed by atoms with van der Waals surface area (Å²) in [7, 11) is 2.55. The molecule has 1 unspecified atom stereocenters. The zero-order valence-electron chi connectivity index (χ0n) is 8.60. The Balaban J connectivity index is 3.01. The molecule has 1 rings (SSSR count). The SMILES string of the molecule is COC(=O)C1=CC=CC=CC1C(=O)OC. The molecule has 1 aliphatic rings. The number of hydrogen-bond donors (Lipinski definition) is 0. The standard InChI is InChI=1S/C11H12O4/c1-14-10(12)8-6-4-3-5-7-9(8)11(13)15-2/h3-8H,1-2H3. The molecule has 0 N–H and O–H groups in total. The number of esters is 2. The lowest BCUT2D eigenvalue weighted by atomic mass is 9.99. The summed E-state index contributed by atoms with van der Waals surface area (Å²) in [5.74, 6) is -1.70. The van der Waals surface area contributed by atoms with Crippen molar-refractivity contribution in [3.05, 3.63) is 36.0 Å². The van der Waals surface area contributed by atoms with Gasteiger partial charge in [0.15, 0.2) is 0 Å². The second kappa shape index (κ2) is 5.14. The van der Waals surface area contributed by atoms with E-state index in [0.29, 0.717) is 0 Å². The monoisotopic (exact) mass is 208 g/mol. The van der Waals surface area contributed by atoms with Gasteiger partial charge in [-0.25, -0.2) is 4.79 Å². The van der Waals surface area contributed by atoms with Crippen molar-refractivity contribution in [2.75, 3.05) is 14.2 Å². The molecule has 4 heteroatoms. The zero-order valence-corrected chi connectivity index (χ0v) is 8.60. The number of carbonyl (C=O) groups excluding carboxylic acids is 2. The highest BCUT2D eigenvalue weighted by Gasteiger charge is 2.26. The van der Waals surface area contributed by atoms with Crippen molar-refractivity contribution in [2.24, 2.45) is 5.92 Å². The average Bonchev–Trinajstić information content (AvgIpc) is 2.52. The molecule has 0 saturated carbocycles. The number of ether oxygens (including phenoxy) is 2. The molecule has 1 atom stereocenters. The van der Waals surface area contributed by atoms with E-state index in [2.05, 4.69) is 9.47 Å². The lowest BCUT2D eigenvalue weighted by molar-refractivity contribution is -0.145. The fraction of sp³-hybridized carbons (Fsp3) is 0.273. The van der Waals surface area contributed by atoms with Crippen LogP contribution in [0.3, 0.4) is 0 Å². The van der Waals surface area contributed by atoms with Gasteiger partial charge in [-0.1, -0.05) is 30.4 Å². The number of carbonyl (C=O) groups is 2. The van der Waals surface area contributed by atoms with E-state index in [4.69, 9.17) is 0 Å². The molecule has 0 bridgehead atoms. The Morgan fingerprint density at radius 3 is 2.47 bits per heavy atom. The molecule has 0 amide bonds. The minimum absolute atomic E-state index is 0.273. The minimum Gasteiger partial charge on any atom is -0.468 e. The Kier molecular flexibility index (Phi) is 3.85. The highest BCUT2D eigenvalue weighted by atomic mass is 16.5. The van der Waals surface area contributed by atoms with E-state index in [-0.39, 0.29) is 5.57 Å². The quantitative estimate of drug-likeness (QED) is 0.635. The van der Waals surface area contributed by atoms with Crippen molar-refractivity contribution in [2.45, 2.75) is 0 Å². The van der Waals surface area contributed by atoms with Crippen LogP contribution in [-0.4, -0.2) is 26.2 Å². The largest absolute Gasteiger partial charge is 0.468 e. The van der Waals surface area contributed by atoms with Crippen molar-refractivity contribution in [3.8, 4) is 0 Å². The summed E-state index contributed by atoms with van der Waals surface area (Å²) in [6.07, 6.45) is 8.23. The summed E-state index contributed by atoms with van der Waals surface area (Å²) in [6.45, 7) is 0. The Labute approximate surface area is 87.9 Å². The average molecular weight is 208 g/mol. The molecule has 0 heterocycles. The fourth-order valence-electron chi connectivity index (χ4n) is 1.25. The van der Waals surface area contributed by atoms with E-state index in [1.165, 1.54) is 14.2 Å². The minimum atomic E-state index is -0.697. The Morgan fingerprint density at radius 2 is 1.87 bits per heavy atom. The van der Waals surface area contributed by atoms with Gasteiger partial charge < -0.3 is 9.47 Å². The molecule has 0 spiro atoms. The summed E-state index contributed by atoms with van der Waals surface area (Å²) in [5, 5.41) is 0. The predicted octanol–water partition coefficient (Wildman–Crippen LogP) is 1.00. The van der Waals surface area contributed by atoms with Gasteiger partial charge in [-0.2, -0.15) is 0 Å². The summed E-state index contributed by atoms with van der Waals surface area (Å²) >= 11 is 0. The first-order chi connectivity index (χ1) is 7.20.